The summed E-state index contributed by atoms with van der Waals surface area (Å²) in [5.74, 6) is 1.13. The van der Waals surface area contributed by atoms with Gasteiger partial charge in [-0.1, -0.05) is 12.1 Å². The molecule has 0 radical (unpaired) electrons. The number of benzene rings is 2. The van der Waals surface area contributed by atoms with Gasteiger partial charge in [0.15, 0.2) is 0 Å². The molecule has 156 valence electrons. The van der Waals surface area contributed by atoms with E-state index in [0.29, 0.717) is 17.9 Å². The first-order chi connectivity index (χ1) is 14.0. The van der Waals surface area contributed by atoms with Crippen molar-refractivity contribution in [3.05, 3.63) is 59.7 Å². The average molecular weight is 399 g/mol. The third-order valence-corrected chi connectivity index (χ3v) is 4.74. The molecule has 0 N–H and O–H groups in total. The third kappa shape index (κ3) is 6.48. The van der Waals surface area contributed by atoms with Gasteiger partial charge in [0.05, 0.1) is 24.9 Å². The lowest BCUT2D eigenvalue weighted by atomic mass is 10.1. The molecule has 0 amide bonds. The number of hydrogen-bond donors (Lipinski definition) is 0. The van der Waals surface area contributed by atoms with Crippen LogP contribution in [0.1, 0.15) is 29.8 Å². The first-order valence-electron chi connectivity index (χ1n) is 9.94. The monoisotopic (exact) mass is 399 g/mol. The fourth-order valence-electron chi connectivity index (χ4n) is 3.47. The van der Waals surface area contributed by atoms with Crippen molar-refractivity contribution >= 4 is 5.97 Å². The summed E-state index contributed by atoms with van der Waals surface area (Å²) in [7, 11) is 1.62. The molecular formula is C23H29NO5. The van der Waals surface area contributed by atoms with E-state index in [1.807, 2.05) is 48.5 Å². The van der Waals surface area contributed by atoms with E-state index in [9.17, 15) is 4.79 Å². The number of morpholine rings is 1. The number of hydrogen-bond acceptors (Lipinski definition) is 6. The van der Waals surface area contributed by atoms with E-state index in [-0.39, 0.29) is 24.8 Å². The normalized spacial score (nSPS) is 19.6. The van der Waals surface area contributed by atoms with Crippen molar-refractivity contribution < 1.29 is 23.7 Å². The molecule has 0 aliphatic carbocycles. The highest BCUT2D eigenvalue weighted by Crippen LogP contribution is 2.17. The van der Waals surface area contributed by atoms with Gasteiger partial charge in [-0.05, 0) is 55.8 Å². The van der Waals surface area contributed by atoms with Gasteiger partial charge in [-0.2, -0.15) is 0 Å². The molecule has 6 nitrogen and oxygen atoms in total. The van der Waals surface area contributed by atoms with Crippen LogP contribution in [-0.2, 0) is 16.0 Å². The zero-order chi connectivity index (χ0) is 20.6. The predicted molar refractivity (Wildman–Crippen MR) is 110 cm³/mol. The van der Waals surface area contributed by atoms with Gasteiger partial charge in [-0.15, -0.1) is 0 Å². The Bertz CT molecular complexity index is 765. The second kappa shape index (κ2) is 10.3. The molecule has 0 unspecified atom stereocenters. The summed E-state index contributed by atoms with van der Waals surface area (Å²) in [4.78, 5) is 14.6. The topological polar surface area (TPSA) is 57.2 Å². The minimum Gasteiger partial charge on any atom is -0.497 e. The first-order valence-corrected chi connectivity index (χ1v) is 9.94. The van der Waals surface area contributed by atoms with Crippen molar-refractivity contribution in [3.63, 3.8) is 0 Å². The maximum absolute atomic E-state index is 12.2. The zero-order valence-electron chi connectivity index (χ0n) is 17.3. The Morgan fingerprint density at radius 2 is 1.59 bits per heavy atom. The van der Waals surface area contributed by atoms with Gasteiger partial charge in [0.2, 0.25) is 0 Å². The maximum Gasteiger partial charge on any atom is 0.338 e. The molecular weight excluding hydrogens is 370 g/mol. The molecule has 3 rings (SSSR count). The van der Waals surface area contributed by atoms with Gasteiger partial charge < -0.3 is 18.9 Å². The molecule has 2 atom stereocenters. The number of esters is 1. The summed E-state index contributed by atoms with van der Waals surface area (Å²) >= 11 is 0. The molecule has 0 aromatic heterocycles. The minimum absolute atomic E-state index is 0.191. The van der Waals surface area contributed by atoms with Gasteiger partial charge in [0.25, 0.3) is 0 Å². The number of nitrogens with zero attached hydrogens (tertiary/aromatic N) is 1. The van der Waals surface area contributed by atoms with Gasteiger partial charge in [0, 0.05) is 19.6 Å². The van der Waals surface area contributed by atoms with Crippen LogP contribution in [0.3, 0.4) is 0 Å². The van der Waals surface area contributed by atoms with Crippen LogP contribution in [0.4, 0.5) is 0 Å². The van der Waals surface area contributed by atoms with Crippen molar-refractivity contribution in [2.24, 2.45) is 0 Å². The SMILES string of the molecule is COc1ccc(OCCOC(=O)c2ccc(CN3C[C@@H](C)O[C@H](C)C3)cc2)cc1. The van der Waals surface area contributed by atoms with Gasteiger partial charge in [-0.3, -0.25) is 4.90 Å². The average Bonchev–Trinajstić information content (AvgIpc) is 2.71. The Labute approximate surface area is 172 Å². The van der Waals surface area contributed by atoms with E-state index < -0.39 is 0 Å². The zero-order valence-corrected chi connectivity index (χ0v) is 17.3. The summed E-state index contributed by atoms with van der Waals surface area (Å²) in [6.07, 6.45) is 0.487. The van der Waals surface area contributed by atoms with Crippen molar-refractivity contribution in [1.82, 2.24) is 4.90 Å². The Balaban J connectivity index is 1.41. The molecule has 29 heavy (non-hydrogen) atoms. The second-order valence-corrected chi connectivity index (χ2v) is 7.31. The Morgan fingerprint density at radius 3 is 2.21 bits per heavy atom. The van der Waals surface area contributed by atoms with E-state index in [2.05, 4.69) is 18.7 Å². The van der Waals surface area contributed by atoms with E-state index >= 15 is 0 Å². The molecule has 1 fully saturated rings. The number of carbonyl (C=O) groups excluding carboxylic acids is 1. The molecule has 0 saturated carbocycles. The van der Waals surface area contributed by atoms with Gasteiger partial charge >= 0.3 is 5.97 Å². The van der Waals surface area contributed by atoms with Crippen LogP contribution in [0.15, 0.2) is 48.5 Å². The quantitative estimate of drug-likeness (QED) is 0.500. The van der Waals surface area contributed by atoms with Crippen LogP contribution in [0, 0.1) is 0 Å². The Hall–Kier alpha value is -2.57. The summed E-state index contributed by atoms with van der Waals surface area (Å²) in [5.41, 5.74) is 1.72. The van der Waals surface area contributed by atoms with E-state index in [1.165, 1.54) is 5.56 Å². The Kier molecular flexibility index (Phi) is 7.49. The molecule has 0 bridgehead atoms. The molecule has 1 heterocycles. The smallest absolute Gasteiger partial charge is 0.338 e. The lowest BCUT2D eigenvalue weighted by Crippen LogP contribution is -2.44. The van der Waals surface area contributed by atoms with Crippen LogP contribution in [0.2, 0.25) is 0 Å². The summed E-state index contributed by atoms with van der Waals surface area (Å²) in [5, 5.41) is 0. The number of methoxy groups -OCH3 is 1. The van der Waals surface area contributed by atoms with E-state index in [1.54, 1.807) is 7.11 Å². The molecule has 1 aliphatic rings. The standard InChI is InChI=1S/C23H29NO5/c1-17-14-24(15-18(2)29-17)16-19-4-6-20(7-5-19)23(25)28-13-12-27-22-10-8-21(26-3)9-11-22/h4-11,17-18H,12-16H2,1-3H3/t17-,18-/m1/s1. The molecule has 2 aromatic rings. The number of rotatable bonds is 8. The second-order valence-electron chi connectivity index (χ2n) is 7.31. The predicted octanol–water partition coefficient (Wildman–Crippen LogP) is 3.54. The highest BCUT2D eigenvalue weighted by Gasteiger charge is 2.22. The number of carbonyl (C=O) groups is 1. The van der Waals surface area contributed by atoms with Crippen LogP contribution in [-0.4, -0.2) is 56.5 Å². The van der Waals surface area contributed by atoms with Crippen LogP contribution in [0.25, 0.3) is 0 Å². The lowest BCUT2D eigenvalue weighted by Gasteiger charge is -2.35. The summed E-state index contributed by atoms with van der Waals surface area (Å²) < 4.78 is 21.7. The van der Waals surface area contributed by atoms with E-state index in [4.69, 9.17) is 18.9 Å². The largest absolute Gasteiger partial charge is 0.497 e. The molecule has 2 aromatic carbocycles. The van der Waals surface area contributed by atoms with Crippen LogP contribution < -0.4 is 9.47 Å². The molecule has 0 spiro atoms. The summed E-state index contributed by atoms with van der Waals surface area (Å²) in [6, 6.07) is 14.9. The van der Waals surface area contributed by atoms with Gasteiger partial charge in [0.1, 0.15) is 24.7 Å². The third-order valence-electron chi connectivity index (χ3n) is 4.74. The van der Waals surface area contributed by atoms with Crippen LogP contribution in [0.5, 0.6) is 11.5 Å². The fourth-order valence-corrected chi connectivity index (χ4v) is 3.47. The van der Waals surface area contributed by atoms with Crippen LogP contribution >= 0.6 is 0 Å². The van der Waals surface area contributed by atoms with Crippen molar-refractivity contribution in [1.29, 1.82) is 0 Å². The highest BCUT2D eigenvalue weighted by atomic mass is 16.6. The highest BCUT2D eigenvalue weighted by molar-refractivity contribution is 5.89. The van der Waals surface area contributed by atoms with Crippen molar-refractivity contribution in [3.8, 4) is 11.5 Å². The fraction of sp³-hybridized carbons (Fsp3) is 0.435. The molecule has 1 saturated heterocycles. The minimum atomic E-state index is -0.344. The Morgan fingerprint density at radius 1 is 0.966 bits per heavy atom. The maximum atomic E-state index is 12.2. The van der Waals surface area contributed by atoms with E-state index in [0.717, 1.165) is 25.4 Å². The lowest BCUT2D eigenvalue weighted by molar-refractivity contribution is -0.0704. The molecule has 6 heteroatoms. The molecule has 1 aliphatic heterocycles. The summed E-state index contributed by atoms with van der Waals surface area (Å²) in [6.45, 7) is 7.37. The number of ether oxygens (including phenoxy) is 4. The van der Waals surface area contributed by atoms with Gasteiger partial charge in [-0.25, -0.2) is 4.79 Å². The first kappa shape index (κ1) is 21.1. The van der Waals surface area contributed by atoms with Crippen molar-refractivity contribution in [2.45, 2.75) is 32.6 Å². The van der Waals surface area contributed by atoms with Crippen molar-refractivity contribution in [2.75, 3.05) is 33.4 Å².